The molecule has 0 saturated carbocycles. The van der Waals surface area contributed by atoms with Crippen molar-refractivity contribution in [3.8, 4) is 0 Å². The lowest BCUT2D eigenvalue weighted by molar-refractivity contribution is 0.0366. The van der Waals surface area contributed by atoms with E-state index in [1.807, 2.05) is 0 Å². The number of carbonyl (C=O) groups is 2. The molecule has 0 spiro atoms. The maximum absolute atomic E-state index is 12.1. The molecule has 0 bridgehead atoms. The second kappa shape index (κ2) is 10.7. The Bertz CT molecular complexity index is 836. The van der Waals surface area contributed by atoms with Gasteiger partial charge in [-0.1, -0.05) is 36.4 Å². The normalized spacial score (nSPS) is 13.8. The highest BCUT2D eigenvalue weighted by Gasteiger charge is 2.14. The molecule has 28 heavy (non-hydrogen) atoms. The van der Waals surface area contributed by atoms with E-state index in [0.717, 1.165) is 0 Å². The Balaban J connectivity index is 2.05. The average molecular weight is 382 g/mol. The summed E-state index contributed by atoms with van der Waals surface area (Å²) in [6.07, 6.45) is -0.971. The molecule has 0 aliphatic heterocycles. The Morgan fingerprint density at radius 3 is 1.93 bits per heavy atom. The second-order valence-electron chi connectivity index (χ2n) is 5.99. The summed E-state index contributed by atoms with van der Waals surface area (Å²) in [4.78, 5) is 24.1. The minimum atomic E-state index is -1.11. The van der Waals surface area contributed by atoms with Crippen LogP contribution >= 0.6 is 0 Å². The van der Waals surface area contributed by atoms with E-state index in [9.17, 15) is 19.8 Å². The van der Waals surface area contributed by atoms with Gasteiger partial charge in [-0.2, -0.15) is 10.2 Å². The number of aliphatic hydroxyl groups excluding tert-OH is 2. The van der Waals surface area contributed by atoms with Crippen LogP contribution in [0.2, 0.25) is 0 Å². The van der Waals surface area contributed by atoms with Crippen LogP contribution in [-0.2, 0) is 0 Å². The average Bonchev–Trinajstić information content (AvgIpc) is 2.72. The zero-order chi connectivity index (χ0) is 20.4. The number of carbonyl (C=O) groups excluding carboxylic acids is 2. The van der Waals surface area contributed by atoms with E-state index in [1.165, 1.54) is 13.1 Å². The van der Waals surface area contributed by atoms with Gasteiger partial charge in [-0.15, -0.1) is 0 Å². The van der Waals surface area contributed by atoms with Gasteiger partial charge in [-0.05, 0) is 31.2 Å². The van der Waals surface area contributed by atoms with Crippen molar-refractivity contribution < 1.29 is 19.8 Å². The number of benzene rings is 2. The lowest BCUT2D eigenvalue weighted by Gasteiger charge is -2.13. The molecule has 2 atom stereocenters. The molecule has 4 N–H and O–H groups in total. The molecule has 0 aliphatic rings. The van der Waals surface area contributed by atoms with Crippen LogP contribution in [-0.4, -0.2) is 46.2 Å². The van der Waals surface area contributed by atoms with Crippen molar-refractivity contribution in [1.82, 2.24) is 10.9 Å². The summed E-state index contributed by atoms with van der Waals surface area (Å²) in [5.74, 6) is -0.855. The molecule has 2 aromatic carbocycles. The molecule has 2 amide bonds. The quantitative estimate of drug-likeness (QED) is 0.406. The molecule has 0 unspecified atom stereocenters. The Labute approximate surface area is 162 Å². The summed E-state index contributed by atoms with van der Waals surface area (Å²) >= 11 is 0. The molecule has 2 aromatic rings. The summed E-state index contributed by atoms with van der Waals surface area (Å²) < 4.78 is 0. The van der Waals surface area contributed by atoms with Crippen LogP contribution < -0.4 is 10.9 Å². The van der Waals surface area contributed by atoms with Crippen molar-refractivity contribution in [2.24, 2.45) is 10.2 Å². The van der Waals surface area contributed by atoms with Gasteiger partial charge in [0.1, 0.15) is 0 Å². The fraction of sp³-hybridized carbons (Fsp3) is 0.200. The standard InChI is InChI=1S/C20H22N4O4/c1-14(25)18(26)12-17(22-24-20(28)16-10-6-3-7-11-16)13-21-23-19(27)15-8-4-2-5-9-15/h2-11,13-14,18,25-26H,12H2,1H3,(H,23,27)(H,24,28)/b21-13+,22-17-/t14-,18+/m0/s1. The van der Waals surface area contributed by atoms with E-state index < -0.39 is 24.0 Å². The predicted molar refractivity (Wildman–Crippen MR) is 106 cm³/mol. The van der Waals surface area contributed by atoms with Gasteiger partial charge in [0.25, 0.3) is 11.8 Å². The molecule has 0 aromatic heterocycles. The number of nitrogens with zero attached hydrogens (tertiary/aromatic N) is 2. The summed E-state index contributed by atoms with van der Waals surface area (Å²) in [7, 11) is 0. The highest BCUT2D eigenvalue weighted by atomic mass is 16.3. The van der Waals surface area contributed by atoms with Gasteiger partial charge >= 0.3 is 0 Å². The molecular weight excluding hydrogens is 360 g/mol. The minimum Gasteiger partial charge on any atom is -0.391 e. The molecule has 146 valence electrons. The van der Waals surface area contributed by atoms with Crippen LogP contribution in [0.5, 0.6) is 0 Å². The molecule has 0 fully saturated rings. The SMILES string of the molecule is C[C@H](O)[C@H](O)CC(/C=N/NC(=O)c1ccccc1)=N/NC(=O)c1ccccc1. The van der Waals surface area contributed by atoms with Gasteiger partial charge < -0.3 is 10.2 Å². The second-order valence-corrected chi connectivity index (χ2v) is 5.99. The van der Waals surface area contributed by atoms with Gasteiger partial charge in [0.2, 0.25) is 0 Å². The first kappa shape index (κ1) is 20.9. The van der Waals surface area contributed by atoms with Crippen LogP contribution in [0, 0.1) is 0 Å². The van der Waals surface area contributed by atoms with Crippen molar-refractivity contribution in [1.29, 1.82) is 0 Å². The smallest absolute Gasteiger partial charge is 0.271 e. The monoisotopic (exact) mass is 382 g/mol. The zero-order valence-corrected chi connectivity index (χ0v) is 15.3. The molecule has 0 aliphatic carbocycles. The van der Waals surface area contributed by atoms with E-state index >= 15 is 0 Å². The minimum absolute atomic E-state index is 0.0720. The lowest BCUT2D eigenvalue weighted by atomic mass is 10.1. The van der Waals surface area contributed by atoms with Crippen molar-refractivity contribution >= 4 is 23.7 Å². The van der Waals surface area contributed by atoms with E-state index in [2.05, 4.69) is 21.1 Å². The van der Waals surface area contributed by atoms with E-state index in [1.54, 1.807) is 60.7 Å². The lowest BCUT2D eigenvalue weighted by Crippen LogP contribution is -2.29. The topological polar surface area (TPSA) is 123 Å². The molecule has 0 heterocycles. The molecule has 8 heteroatoms. The first-order chi connectivity index (χ1) is 13.5. The number of hydrogen-bond donors (Lipinski definition) is 4. The van der Waals surface area contributed by atoms with Gasteiger partial charge in [-0.3, -0.25) is 9.59 Å². The van der Waals surface area contributed by atoms with Crippen LogP contribution in [0.1, 0.15) is 34.1 Å². The van der Waals surface area contributed by atoms with Crippen molar-refractivity contribution in [2.75, 3.05) is 0 Å². The Hall–Kier alpha value is -3.36. The summed E-state index contributed by atoms with van der Waals surface area (Å²) in [5.41, 5.74) is 5.72. The maximum Gasteiger partial charge on any atom is 0.271 e. The number of amides is 2. The molecule has 2 rings (SSSR count). The van der Waals surface area contributed by atoms with Crippen molar-refractivity contribution in [3.63, 3.8) is 0 Å². The van der Waals surface area contributed by atoms with E-state index in [-0.39, 0.29) is 12.1 Å². The highest BCUT2D eigenvalue weighted by Crippen LogP contribution is 2.02. The predicted octanol–water partition coefficient (Wildman–Crippen LogP) is 1.32. The largest absolute Gasteiger partial charge is 0.391 e. The highest BCUT2D eigenvalue weighted by molar-refractivity contribution is 6.31. The van der Waals surface area contributed by atoms with Crippen LogP contribution in [0.3, 0.4) is 0 Å². The molecule has 0 saturated heterocycles. The number of hydrogen-bond acceptors (Lipinski definition) is 6. The number of hydrazone groups is 2. The third-order valence-electron chi connectivity index (χ3n) is 3.73. The molecular formula is C20H22N4O4. The Morgan fingerprint density at radius 2 is 1.43 bits per heavy atom. The fourth-order valence-electron chi connectivity index (χ4n) is 2.11. The van der Waals surface area contributed by atoms with Crippen molar-refractivity contribution in [2.45, 2.75) is 25.6 Å². The van der Waals surface area contributed by atoms with Gasteiger partial charge in [0.15, 0.2) is 0 Å². The van der Waals surface area contributed by atoms with E-state index in [0.29, 0.717) is 11.1 Å². The number of nitrogens with one attached hydrogen (secondary N) is 2. The first-order valence-corrected chi connectivity index (χ1v) is 8.64. The maximum atomic E-state index is 12.1. The summed E-state index contributed by atoms with van der Waals surface area (Å²) in [6, 6.07) is 17.0. The van der Waals surface area contributed by atoms with Crippen LogP contribution in [0.4, 0.5) is 0 Å². The summed E-state index contributed by atoms with van der Waals surface area (Å²) in [5, 5.41) is 27.1. The third kappa shape index (κ3) is 6.75. The summed E-state index contributed by atoms with van der Waals surface area (Å²) in [6.45, 7) is 1.43. The van der Waals surface area contributed by atoms with Crippen LogP contribution in [0.15, 0.2) is 70.9 Å². The van der Waals surface area contributed by atoms with Gasteiger partial charge in [-0.25, -0.2) is 10.9 Å². The van der Waals surface area contributed by atoms with Gasteiger partial charge in [0.05, 0.1) is 24.1 Å². The first-order valence-electron chi connectivity index (χ1n) is 8.64. The van der Waals surface area contributed by atoms with Crippen LogP contribution in [0.25, 0.3) is 0 Å². The zero-order valence-electron chi connectivity index (χ0n) is 15.3. The third-order valence-corrected chi connectivity index (χ3v) is 3.73. The Morgan fingerprint density at radius 1 is 0.929 bits per heavy atom. The number of aliphatic hydroxyl groups is 2. The van der Waals surface area contributed by atoms with E-state index in [4.69, 9.17) is 0 Å². The number of rotatable bonds is 8. The molecule has 0 radical (unpaired) electrons. The fourth-order valence-corrected chi connectivity index (χ4v) is 2.11. The van der Waals surface area contributed by atoms with Gasteiger partial charge in [0, 0.05) is 17.5 Å². The molecule has 8 nitrogen and oxygen atoms in total. The van der Waals surface area contributed by atoms with Crippen molar-refractivity contribution in [3.05, 3.63) is 71.8 Å². The Kier molecular flexibility index (Phi) is 8.01.